The molecule has 1 N–H and O–H groups in total. The van der Waals surface area contributed by atoms with Crippen LogP contribution in [0.15, 0.2) is 24.3 Å². The molecule has 0 saturated heterocycles. The van der Waals surface area contributed by atoms with E-state index in [2.05, 4.69) is 5.32 Å². The lowest BCUT2D eigenvalue weighted by Gasteiger charge is -2.22. The molecule has 122 valence electrons. The molecule has 0 fully saturated rings. The van der Waals surface area contributed by atoms with Crippen molar-refractivity contribution in [2.45, 2.75) is 26.3 Å². The van der Waals surface area contributed by atoms with Crippen LogP contribution in [0.3, 0.4) is 0 Å². The van der Waals surface area contributed by atoms with Gasteiger partial charge in [-0.15, -0.1) is 0 Å². The fourth-order valence-electron chi connectivity index (χ4n) is 1.81. The fraction of sp³-hybridized carbons (Fsp3) is 0.500. The van der Waals surface area contributed by atoms with Gasteiger partial charge in [0.25, 0.3) is 5.91 Å². The van der Waals surface area contributed by atoms with Gasteiger partial charge < -0.3 is 10.1 Å². The van der Waals surface area contributed by atoms with Crippen LogP contribution in [-0.4, -0.2) is 36.5 Å². The quantitative estimate of drug-likeness (QED) is 0.580. The summed E-state index contributed by atoms with van der Waals surface area (Å²) in [4.78, 5) is 24.4. The molecular formula is C16H22ClNO3S. The number of benzene rings is 1. The molecule has 0 spiro atoms. The number of thioether (sulfide) groups is 1. The Morgan fingerprint density at radius 2 is 1.95 bits per heavy atom. The van der Waals surface area contributed by atoms with Crippen LogP contribution >= 0.6 is 23.4 Å². The van der Waals surface area contributed by atoms with Gasteiger partial charge in [-0.2, -0.15) is 11.8 Å². The first-order valence-electron chi connectivity index (χ1n) is 7.21. The molecule has 22 heavy (non-hydrogen) atoms. The maximum absolute atomic E-state index is 12.3. The van der Waals surface area contributed by atoms with Crippen LogP contribution in [0.25, 0.3) is 0 Å². The SMILES string of the molecule is CCC(C)C(NC(=O)c1ccc(Cl)cc1)C(=O)OCCSC. The average Bonchev–Trinajstić information content (AvgIpc) is 2.52. The van der Waals surface area contributed by atoms with Crippen LogP contribution in [0, 0.1) is 5.92 Å². The highest BCUT2D eigenvalue weighted by molar-refractivity contribution is 7.98. The molecule has 1 rings (SSSR count). The van der Waals surface area contributed by atoms with E-state index in [1.807, 2.05) is 20.1 Å². The standard InChI is InChI=1S/C16H22ClNO3S/c1-4-11(2)14(16(20)21-9-10-22-3)18-15(19)12-5-7-13(17)8-6-12/h5-8,11,14H,4,9-10H2,1-3H3,(H,18,19). The van der Waals surface area contributed by atoms with E-state index in [9.17, 15) is 9.59 Å². The number of hydrogen-bond donors (Lipinski definition) is 1. The highest BCUT2D eigenvalue weighted by Gasteiger charge is 2.27. The Bertz CT molecular complexity index is 493. The summed E-state index contributed by atoms with van der Waals surface area (Å²) in [5.74, 6) is 0.0527. The van der Waals surface area contributed by atoms with Gasteiger partial charge in [-0.3, -0.25) is 4.79 Å². The Morgan fingerprint density at radius 1 is 1.32 bits per heavy atom. The van der Waals surface area contributed by atoms with E-state index in [4.69, 9.17) is 16.3 Å². The van der Waals surface area contributed by atoms with Gasteiger partial charge in [0.1, 0.15) is 12.6 Å². The lowest BCUT2D eigenvalue weighted by Crippen LogP contribution is -2.46. The molecule has 0 radical (unpaired) electrons. The van der Waals surface area contributed by atoms with E-state index >= 15 is 0 Å². The summed E-state index contributed by atoms with van der Waals surface area (Å²) in [7, 11) is 0. The molecule has 2 unspecified atom stereocenters. The van der Waals surface area contributed by atoms with E-state index in [1.165, 1.54) is 0 Å². The summed E-state index contributed by atoms with van der Waals surface area (Å²) in [5.41, 5.74) is 0.467. The van der Waals surface area contributed by atoms with E-state index in [-0.39, 0.29) is 17.8 Å². The Kier molecular flexibility index (Phi) is 8.35. The first kappa shape index (κ1) is 18.8. The monoisotopic (exact) mass is 343 g/mol. The van der Waals surface area contributed by atoms with Crippen LogP contribution in [0.2, 0.25) is 5.02 Å². The van der Waals surface area contributed by atoms with Crippen molar-refractivity contribution < 1.29 is 14.3 Å². The second-order valence-electron chi connectivity index (χ2n) is 5.00. The van der Waals surface area contributed by atoms with E-state index in [1.54, 1.807) is 36.0 Å². The minimum atomic E-state index is -0.643. The number of carbonyl (C=O) groups excluding carboxylic acids is 2. The molecule has 0 aromatic heterocycles. The van der Waals surface area contributed by atoms with E-state index in [0.717, 1.165) is 12.2 Å². The van der Waals surface area contributed by atoms with Crippen LogP contribution < -0.4 is 5.32 Å². The summed E-state index contributed by atoms with van der Waals surface area (Å²) >= 11 is 7.41. The number of nitrogens with one attached hydrogen (secondary N) is 1. The lowest BCUT2D eigenvalue weighted by atomic mass is 9.99. The first-order chi connectivity index (χ1) is 10.5. The summed E-state index contributed by atoms with van der Waals surface area (Å²) in [6.07, 6.45) is 2.71. The fourth-order valence-corrected chi connectivity index (χ4v) is 2.19. The van der Waals surface area contributed by atoms with Crippen molar-refractivity contribution in [3.05, 3.63) is 34.9 Å². The number of halogens is 1. The molecule has 2 atom stereocenters. The van der Waals surface area contributed by atoms with Crippen LogP contribution in [0.5, 0.6) is 0 Å². The maximum atomic E-state index is 12.3. The third kappa shape index (κ3) is 5.89. The highest BCUT2D eigenvalue weighted by atomic mass is 35.5. The van der Waals surface area contributed by atoms with Crippen molar-refractivity contribution in [2.75, 3.05) is 18.6 Å². The first-order valence-corrected chi connectivity index (χ1v) is 8.98. The predicted octanol–water partition coefficient (Wildman–Crippen LogP) is 3.39. The molecule has 0 bridgehead atoms. The van der Waals surface area contributed by atoms with Crippen molar-refractivity contribution >= 4 is 35.2 Å². The predicted molar refractivity (Wildman–Crippen MR) is 91.5 cm³/mol. The molecule has 0 saturated carbocycles. The molecule has 6 heteroatoms. The van der Waals surface area contributed by atoms with Gasteiger partial charge in [0.15, 0.2) is 0 Å². The van der Waals surface area contributed by atoms with Crippen molar-refractivity contribution in [2.24, 2.45) is 5.92 Å². The third-order valence-electron chi connectivity index (χ3n) is 3.39. The minimum Gasteiger partial charge on any atom is -0.463 e. The molecule has 0 aliphatic rings. The molecule has 0 aliphatic heterocycles. The topological polar surface area (TPSA) is 55.4 Å². The summed E-state index contributed by atoms with van der Waals surface area (Å²) in [6.45, 7) is 4.24. The largest absolute Gasteiger partial charge is 0.463 e. The van der Waals surface area contributed by atoms with Gasteiger partial charge >= 0.3 is 5.97 Å². The zero-order valence-electron chi connectivity index (χ0n) is 13.1. The van der Waals surface area contributed by atoms with Gasteiger partial charge in [0.05, 0.1) is 0 Å². The molecule has 0 heterocycles. The molecular weight excluding hydrogens is 322 g/mol. The van der Waals surface area contributed by atoms with Gasteiger partial charge in [-0.05, 0) is 36.4 Å². The van der Waals surface area contributed by atoms with Gasteiger partial charge in [0, 0.05) is 16.3 Å². The molecule has 0 aliphatic carbocycles. The van der Waals surface area contributed by atoms with Crippen LogP contribution in [-0.2, 0) is 9.53 Å². The minimum absolute atomic E-state index is 0.00182. The third-order valence-corrected chi connectivity index (χ3v) is 4.22. The highest BCUT2D eigenvalue weighted by Crippen LogP contribution is 2.13. The van der Waals surface area contributed by atoms with Crippen LogP contribution in [0.4, 0.5) is 0 Å². The summed E-state index contributed by atoms with van der Waals surface area (Å²) < 4.78 is 5.23. The van der Waals surface area contributed by atoms with Crippen molar-refractivity contribution in [1.82, 2.24) is 5.32 Å². The number of rotatable bonds is 8. The zero-order chi connectivity index (χ0) is 16.5. The zero-order valence-corrected chi connectivity index (χ0v) is 14.7. The van der Waals surface area contributed by atoms with Gasteiger partial charge in [-0.1, -0.05) is 31.9 Å². The Labute approximate surface area is 140 Å². The Hall–Kier alpha value is -1.20. The normalized spacial score (nSPS) is 13.3. The van der Waals surface area contributed by atoms with Gasteiger partial charge in [-0.25, -0.2) is 4.79 Å². The number of carbonyl (C=O) groups is 2. The van der Waals surface area contributed by atoms with E-state index < -0.39 is 6.04 Å². The summed E-state index contributed by atoms with van der Waals surface area (Å²) in [5, 5.41) is 3.33. The van der Waals surface area contributed by atoms with Crippen molar-refractivity contribution in [3.63, 3.8) is 0 Å². The number of esters is 1. The number of amides is 1. The van der Waals surface area contributed by atoms with Crippen molar-refractivity contribution in [3.8, 4) is 0 Å². The Morgan fingerprint density at radius 3 is 2.50 bits per heavy atom. The smallest absolute Gasteiger partial charge is 0.328 e. The number of hydrogen-bond acceptors (Lipinski definition) is 4. The van der Waals surface area contributed by atoms with Crippen molar-refractivity contribution in [1.29, 1.82) is 0 Å². The second-order valence-corrected chi connectivity index (χ2v) is 6.43. The maximum Gasteiger partial charge on any atom is 0.328 e. The molecule has 4 nitrogen and oxygen atoms in total. The number of ether oxygens (including phenoxy) is 1. The lowest BCUT2D eigenvalue weighted by molar-refractivity contribution is -0.146. The second kappa shape index (κ2) is 9.74. The van der Waals surface area contributed by atoms with Crippen LogP contribution in [0.1, 0.15) is 30.6 Å². The van der Waals surface area contributed by atoms with E-state index in [0.29, 0.717) is 17.2 Å². The average molecular weight is 344 g/mol. The Balaban J connectivity index is 2.73. The van der Waals surface area contributed by atoms with Gasteiger partial charge in [0.2, 0.25) is 0 Å². The molecule has 1 aromatic carbocycles. The summed E-state index contributed by atoms with van der Waals surface area (Å²) in [6, 6.07) is 5.90. The molecule has 1 aromatic rings. The molecule has 1 amide bonds.